The summed E-state index contributed by atoms with van der Waals surface area (Å²) in [7, 11) is 0. The van der Waals surface area contributed by atoms with Gasteiger partial charge >= 0.3 is 5.97 Å². The molecule has 7 heteroatoms. The highest BCUT2D eigenvalue weighted by Gasteiger charge is 2.30. The van der Waals surface area contributed by atoms with Gasteiger partial charge in [0.25, 0.3) is 0 Å². The Kier molecular flexibility index (Phi) is 4.54. The molecule has 1 aromatic carbocycles. The van der Waals surface area contributed by atoms with E-state index in [-0.39, 0.29) is 12.3 Å². The van der Waals surface area contributed by atoms with E-state index in [1.807, 2.05) is 30.5 Å². The molecule has 0 saturated carbocycles. The third-order valence-corrected chi connectivity index (χ3v) is 4.53. The van der Waals surface area contributed by atoms with E-state index < -0.39 is 11.5 Å². The van der Waals surface area contributed by atoms with Crippen LogP contribution in [0.5, 0.6) is 0 Å². The van der Waals surface area contributed by atoms with Gasteiger partial charge in [-0.1, -0.05) is 18.2 Å². The molecule has 26 heavy (non-hydrogen) atoms. The van der Waals surface area contributed by atoms with E-state index in [1.54, 1.807) is 13.8 Å². The number of fused-ring (bicyclic) bond motifs is 1. The Hall–Kier alpha value is -3.09. The van der Waals surface area contributed by atoms with Crippen LogP contribution in [0.25, 0.3) is 10.9 Å². The van der Waals surface area contributed by atoms with Gasteiger partial charge in [-0.25, -0.2) is 4.79 Å². The lowest BCUT2D eigenvalue weighted by molar-refractivity contribution is -0.146. The van der Waals surface area contributed by atoms with Crippen molar-refractivity contribution in [1.29, 1.82) is 0 Å². The molecule has 0 aliphatic rings. The second-order valence-corrected chi connectivity index (χ2v) is 6.72. The zero-order valence-electron chi connectivity index (χ0n) is 15.1. The fraction of sp³-hybridized carbons (Fsp3) is 0.316. The van der Waals surface area contributed by atoms with Crippen molar-refractivity contribution >= 4 is 28.5 Å². The number of para-hydroxylation sites is 1. The molecule has 1 amide bonds. The van der Waals surface area contributed by atoms with Crippen molar-refractivity contribution < 1.29 is 14.7 Å². The minimum Gasteiger partial charge on any atom is -0.479 e. The normalized spacial score (nSPS) is 11.7. The molecule has 0 unspecified atom stereocenters. The molecule has 136 valence electrons. The van der Waals surface area contributed by atoms with Gasteiger partial charge in [-0.05, 0) is 32.4 Å². The first kappa shape index (κ1) is 17.7. The summed E-state index contributed by atoms with van der Waals surface area (Å²) < 4.78 is 3.44. The van der Waals surface area contributed by atoms with Crippen LogP contribution in [0.4, 0.5) is 5.69 Å². The number of hydrogen-bond acceptors (Lipinski definition) is 3. The lowest BCUT2D eigenvalue weighted by Gasteiger charge is -2.19. The standard InChI is InChI=1S/C19H22N4O3/c1-4-22-11-13(15-7-5-6-8-16(15)22)9-17(24)21-14-10-20-23(12-14)19(2,3)18(25)26/h5-8,10-12H,4,9H2,1-3H3,(H,21,24)(H,25,26). The van der Waals surface area contributed by atoms with Gasteiger partial charge in [-0.15, -0.1) is 0 Å². The van der Waals surface area contributed by atoms with Gasteiger partial charge in [0, 0.05) is 29.8 Å². The number of amides is 1. The highest BCUT2D eigenvalue weighted by Crippen LogP contribution is 2.22. The first-order valence-corrected chi connectivity index (χ1v) is 8.48. The van der Waals surface area contributed by atoms with Crippen LogP contribution in [0, 0.1) is 0 Å². The molecule has 0 radical (unpaired) electrons. The average molecular weight is 354 g/mol. The number of carboxylic acids is 1. The number of rotatable bonds is 6. The molecular formula is C19H22N4O3. The molecule has 0 aliphatic carbocycles. The second-order valence-electron chi connectivity index (χ2n) is 6.72. The van der Waals surface area contributed by atoms with Crippen LogP contribution < -0.4 is 5.32 Å². The zero-order valence-corrected chi connectivity index (χ0v) is 15.1. The van der Waals surface area contributed by atoms with Gasteiger partial charge in [0.1, 0.15) is 0 Å². The number of aromatic nitrogens is 3. The number of aliphatic carboxylic acids is 1. The van der Waals surface area contributed by atoms with Crippen LogP contribution in [-0.4, -0.2) is 31.3 Å². The number of carboxylic acid groups (broad SMARTS) is 1. The van der Waals surface area contributed by atoms with Crippen LogP contribution in [0.15, 0.2) is 42.9 Å². The smallest absolute Gasteiger partial charge is 0.331 e. The number of nitrogens with one attached hydrogen (secondary N) is 1. The van der Waals surface area contributed by atoms with Crippen molar-refractivity contribution in [1.82, 2.24) is 14.3 Å². The molecule has 3 rings (SSSR count). The predicted molar refractivity (Wildman–Crippen MR) is 99.1 cm³/mol. The molecule has 2 N–H and O–H groups in total. The van der Waals surface area contributed by atoms with Crippen LogP contribution in [0.2, 0.25) is 0 Å². The number of carbonyl (C=O) groups excluding carboxylic acids is 1. The van der Waals surface area contributed by atoms with E-state index in [4.69, 9.17) is 0 Å². The first-order valence-electron chi connectivity index (χ1n) is 8.48. The van der Waals surface area contributed by atoms with Crippen molar-refractivity contribution in [2.75, 3.05) is 5.32 Å². The Morgan fingerprint density at radius 2 is 1.96 bits per heavy atom. The van der Waals surface area contributed by atoms with E-state index in [2.05, 4.69) is 21.9 Å². The summed E-state index contributed by atoms with van der Waals surface area (Å²) >= 11 is 0. The fourth-order valence-electron chi connectivity index (χ4n) is 2.89. The predicted octanol–water partition coefficient (Wildman–Crippen LogP) is 2.86. The largest absolute Gasteiger partial charge is 0.479 e. The van der Waals surface area contributed by atoms with E-state index in [0.29, 0.717) is 5.69 Å². The zero-order chi connectivity index (χ0) is 18.9. The van der Waals surface area contributed by atoms with Crippen molar-refractivity contribution in [2.24, 2.45) is 0 Å². The summed E-state index contributed by atoms with van der Waals surface area (Å²) in [5, 5.41) is 17.2. The lowest BCUT2D eigenvalue weighted by atomic mass is 10.1. The lowest BCUT2D eigenvalue weighted by Crippen LogP contribution is -2.35. The average Bonchev–Trinajstić information content (AvgIpc) is 3.20. The summed E-state index contributed by atoms with van der Waals surface area (Å²) in [6.07, 6.45) is 5.22. The molecule has 0 saturated heterocycles. The Bertz CT molecular complexity index is 968. The molecule has 2 heterocycles. The Morgan fingerprint density at radius 1 is 1.23 bits per heavy atom. The van der Waals surface area contributed by atoms with Crippen molar-refractivity contribution in [3.63, 3.8) is 0 Å². The van der Waals surface area contributed by atoms with E-state index in [0.717, 1.165) is 23.0 Å². The molecule has 0 bridgehead atoms. The van der Waals surface area contributed by atoms with Crippen LogP contribution in [-0.2, 0) is 28.1 Å². The molecular weight excluding hydrogens is 332 g/mol. The molecule has 0 spiro atoms. The molecule has 0 fully saturated rings. The topological polar surface area (TPSA) is 89.2 Å². The summed E-state index contributed by atoms with van der Waals surface area (Å²) in [6.45, 7) is 6.00. The Morgan fingerprint density at radius 3 is 2.65 bits per heavy atom. The van der Waals surface area contributed by atoms with Crippen molar-refractivity contribution in [3.05, 3.63) is 48.4 Å². The van der Waals surface area contributed by atoms with Crippen molar-refractivity contribution in [2.45, 2.75) is 39.3 Å². The maximum atomic E-state index is 12.4. The van der Waals surface area contributed by atoms with Gasteiger partial charge in [0.15, 0.2) is 5.54 Å². The maximum absolute atomic E-state index is 12.4. The highest BCUT2D eigenvalue weighted by atomic mass is 16.4. The van der Waals surface area contributed by atoms with Crippen molar-refractivity contribution in [3.8, 4) is 0 Å². The summed E-state index contributed by atoms with van der Waals surface area (Å²) in [5.74, 6) is -1.16. The minimum absolute atomic E-state index is 0.170. The Balaban J connectivity index is 1.76. The van der Waals surface area contributed by atoms with Gasteiger partial charge in [-0.2, -0.15) is 5.10 Å². The van der Waals surface area contributed by atoms with Gasteiger partial charge in [0.2, 0.25) is 5.91 Å². The summed E-state index contributed by atoms with van der Waals surface area (Å²) in [4.78, 5) is 23.7. The van der Waals surface area contributed by atoms with E-state index in [1.165, 1.54) is 17.1 Å². The number of carbonyl (C=O) groups is 2. The molecule has 7 nitrogen and oxygen atoms in total. The van der Waals surface area contributed by atoms with Gasteiger partial charge in [0.05, 0.1) is 18.3 Å². The Labute approximate surface area is 151 Å². The third kappa shape index (κ3) is 3.20. The van der Waals surface area contributed by atoms with Gasteiger partial charge in [-0.3, -0.25) is 9.48 Å². The van der Waals surface area contributed by atoms with E-state index in [9.17, 15) is 14.7 Å². The summed E-state index contributed by atoms with van der Waals surface area (Å²) in [5.41, 5.74) is 1.35. The highest BCUT2D eigenvalue weighted by molar-refractivity contribution is 5.95. The van der Waals surface area contributed by atoms with Gasteiger partial charge < -0.3 is 15.0 Å². The number of anilines is 1. The molecule has 0 aliphatic heterocycles. The summed E-state index contributed by atoms with van der Waals surface area (Å²) in [6, 6.07) is 7.99. The number of benzene rings is 1. The van der Waals surface area contributed by atoms with Crippen LogP contribution in [0.1, 0.15) is 26.3 Å². The second kappa shape index (κ2) is 6.67. The fourth-order valence-corrected chi connectivity index (χ4v) is 2.89. The molecule has 3 aromatic rings. The van der Waals surface area contributed by atoms with E-state index >= 15 is 0 Å². The molecule has 0 atom stereocenters. The first-order chi connectivity index (χ1) is 12.3. The monoisotopic (exact) mass is 354 g/mol. The molecule has 2 aromatic heterocycles. The number of nitrogens with zero attached hydrogens (tertiary/aromatic N) is 3. The third-order valence-electron chi connectivity index (χ3n) is 4.53. The minimum atomic E-state index is -1.18. The van der Waals surface area contributed by atoms with Crippen LogP contribution in [0.3, 0.4) is 0 Å². The maximum Gasteiger partial charge on any atom is 0.331 e. The quantitative estimate of drug-likeness (QED) is 0.712. The van der Waals surface area contributed by atoms with Crippen LogP contribution >= 0.6 is 0 Å². The number of aryl methyl sites for hydroxylation is 1. The number of hydrogen-bond donors (Lipinski definition) is 2. The SMILES string of the molecule is CCn1cc(CC(=O)Nc2cnn(C(C)(C)C(=O)O)c2)c2ccccc21.